The Hall–Kier alpha value is -1.13. The van der Waals surface area contributed by atoms with Gasteiger partial charge < -0.3 is 15.6 Å². The van der Waals surface area contributed by atoms with Crippen LogP contribution in [-0.2, 0) is 0 Å². The second-order valence-corrected chi connectivity index (χ2v) is 5.61. The second kappa shape index (κ2) is 5.67. The average Bonchev–Trinajstić information content (AvgIpc) is 2.28. The lowest BCUT2D eigenvalue weighted by Gasteiger charge is -2.29. The molecule has 0 fully saturated rings. The van der Waals surface area contributed by atoms with Crippen molar-refractivity contribution in [3.8, 4) is 5.75 Å². The van der Waals surface area contributed by atoms with E-state index in [0.29, 0.717) is 12.2 Å². The first kappa shape index (κ1) is 14.9. The van der Waals surface area contributed by atoms with Crippen molar-refractivity contribution in [3.63, 3.8) is 0 Å². The highest BCUT2D eigenvalue weighted by molar-refractivity contribution is 5.31. The van der Waals surface area contributed by atoms with Gasteiger partial charge in [-0.25, -0.2) is 4.39 Å². The Labute approximate surface area is 108 Å². The van der Waals surface area contributed by atoms with E-state index < -0.39 is 11.9 Å². The van der Waals surface area contributed by atoms with Gasteiger partial charge in [-0.05, 0) is 30.0 Å². The quantitative estimate of drug-likeness (QED) is 0.869. The molecule has 0 heterocycles. The number of benzene rings is 1. The summed E-state index contributed by atoms with van der Waals surface area (Å²) in [4.78, 5) is 0. The van der Waals surface area contributed by atoms with E-state index in [1.165, 1.54) is 25.3 Å². The standard InChI is InChI=1S/C14H22FNO2/c1-14(2,3)13(16)8-12(17)10-7-9(18-4)5-6-11(10)15/h5-7,12-13,17H,8,16H2,1-4H3/t12-,13+/m0/s1. The van der Waals surface area contributed by atoms with Crippen LogP contribution in [-0.4, -0.2) is 18.3 Å². The van der Waals surface area contributed by atoms with E-state index >= 15 is 0 Å². The third kappa shape index (κ3) is 3.68. The number of hydrogen-bond acceptors (Lipinski definition) is 3. The maximum Gasteiger partial charge on any atom is 0.129 e. The smallest absolute Gasteiger partial charge is 0.129 e. The van der Waals surface area contributed by atoms with Crippen LogP contribution in [0.25, 0.3) is 0 Å². The Bertz CT molecular complexity index is 401. The van der Waals surface area contributed by atoms with E-state index in [1.807, 2.05) is 20.8 Å². The molecule has 0 aromatic heterocycles. The van der Waals surface area contributed by atoms with Crippen LogP contribution < -0.4 is 10.5 Å². The molecule has 0 unspecified atom stereocenters. The van der Waals surface area contributed by atoms with Crippen LogP contribution in [0.2, 0.25) is 0 Å². The molecular weight excluding hydrogens is 233 g/mol. The molecule has 1 aromatic rings. The molecule has 0 saturated carbocycles. The first-order chi connectivity index (χ1) is 8.25. The maximum absolute atomic E-state index is 13.6. The number of halogens is 1. The lowest BCUT2D eigenvalue weighted by atomic mass is 9.83. The number of methoxy groups -OCH3 is 1. The number of hydrogen-bond donors (Lipinski definition) is 2. The largest absolute Gasteiger partial charge is 0.497 e. The summed E-state index contributed by atoms with van der Waals surface area (Å²) < 4.78 is 18.7. The lowest BCUT2D eigenvalue weighted by Crippen LogP contribution is -2.36. The van der Waals surface area contributed by atoms with Crippen LogP contribution in [0.15, 0.2) is 18.2 Å². The fourth-order valence-electron chi connectivity index (χ4n) is 1.63. The highest BCUT2D eigenvalue weighted by Crippen LogP contribution is 2.29. The summed E-state index contributed by atoms with van der Waals surface area (Å²) in [6.07, 6.45) is -0.609. The molecule has 0 spiro atoms. The minimum atomic E-state index is -0.922. The summed E-state index contributed by atoms with van der Waals surface area (Å²) in [5, 5.41) is 10.1. The Morgan fingerprint density at radius 3 is 2.50 bits per heavy atom. The number of rotatable bonds is 4. The normalized spacial score (nSPS) is 15.3. The highest BCUT2D eigenvalue weighted by atomic mass is 19.1. The molecule has 4 heteroatoms. The van der Waals surface area contributed by atoms with Gasteiger partial charge in [0.25, 0.3) is 0 Å². The molecule has 3 N–H and O–H groups in total. The van der Waals surface area contributed by atoms with Crippen molar-refractivity contribution in [1.29, 1.82) is 0 Å². The molecule has 0 aliphatic heterocycles. The van der Waals surface area contributed by atoms with Crippen molar-refractivity contribution in [2.24, 2.45) is 11.1 Å². The van der Waals surface area contributed by atoms with Gasteiger partial charge in [0.1, 0.15) is 11.6 Å². The van der Waals surface area contributed by atoms with Crippen molar-refractivity contribution in [2.45, 2.75) is 39.3 Å². The average molecular weight is 255 g/mol. The van der Waals surface area contributed by atoms with Crippen molar-refractivity contribution >= 4 is 0 Å². The summed E-state index contributed by atoms with van der Waals surface area (Å²) in [6.45, 7) is 5.98. The van der Waals surface area contributed by atoms with Gasteiger partial charge in [-0.15, -0.1) is 0 Å². The van der Waals surface area contributed by atoms with Gasteiger partial charge in [0.15, 0.2) is 0 Å². The van der Waals surface area contributed by atoms with Crippen LogP contribution in [0.5, 0.6) is 5.75 Å². The topological polar surface area (TPSA) is 55.5 Å². The molecule has 0 saturated heterocycles. The predicted octanol–water partition coefficient (Wildman–Crippen LogP) is 2.63. The molecule has 0 bridgehead atoms. The molecular formula is C14H22FNO2. The molecule has 18 heavy (non-hydrogen) atoms. The lowest BCUT2D eigenvalue weighted by molar-refractivity contribution is 0.129. The van der Waals surface area contributed by atoms with E-state index in [4.69, 9.17) is 10.5 Å². The number of ether oxygens (including phenoxy) is 1. The second-order valence-electron chi connectivity index (χ2n) is 5.61. The third-order valence-corrected chi connectivity index (χ3v) is 3.15. The summed E-state index contributed by atoms with van der Waals surface area (Å²) in [5.41, 5.74) is 6.10. The van der Waals surface area contributed by atoms with Crippen molar-refractivity contribution < 1.29 is 14.2 Å². The van der Waals surface area contributed by atoms with E-state index in [1.54, 1.807) is 0 Å². The van der Waals surface area contributed by atoms with Crippen LogP contribution in [0.1, 0.15) is 38.9 Å². The first-order valence-electron chi connectivity index (χ1n) is 6.02. The van der Waals surface area contributed by atoms with Gasteiger partial charge in [-0.2, -0.15) is 0 Å². The Morgan fingerprint density at radius 2 is 2.00 bits per heavy atom. The van der Waals surface area contributed by atoms with Crippen molar-refractivity contribution in [2.75, 3.05) is 7.11 Å². The molecule has 1 aromatic carbocycles. The number of aliphatic hydroxyl groups excluding tert-OH is 1. The van der Waals surface area contributed by atoms with Crippen LogP contribution in [0.3, 0.4) is 0 Å². The van der Waals surface area contributed by atoms with E-state index in [-0.39, 0.29) is 17.0 Å². The summed E-state index contributed by atoms with van der Waals surface area (Å²) >= 11 is 0. The minimum absolute atomic E-state index is 0.129. The fraction of sp³-hybridized carbons (Fsp3) is 0.571. The maximum atomic E-state index is 13.6. The van der Waals surface area contributed by atoms with Crippen molar-refractivity contribution in [3.05, 3.63) is 29.6 Å². The molecule has 1 rings (SSSR count). The van der Waals surface area contributed by atoms with Gasteiger partial charge in [0.05, 0.1) is 13.2 Å². The van der Waals surface area contributed by atoms with Crippen molar-refractivity contribution in [1.82, 2.24) is 0 Å². The Morgan fingerprint density at radius 1 is 1.39 bits per heavy atom. The Balaban J connectivity index is 2.87. The molecule has 0 aliphatic rings. The van der Waals surface area contributed by atoms with Crippen LogP contribution in [0.4, 0.5) is 4.39 Å². The van der Waals surface area contributed by atoms with Gasteiger partial charge in [0.2, 0.25) is 0 Å². The number of nitrogens with two attached hydrogens (primary N) is 1. The number of aliphatic hydroxyl groups is 1. The molecule has 102 valence electrons. The molecule has 0 radical (unpaired) electrons. The third-order valence-electron chi connectivity index (χ3n) is 3.15. The molecule has 0 aliphatic carbocycles. The van der Waals surface area contributed by atoms with Gasteiger partial charge in [-0.1, -0.05) is 20.8 Å². The molecule has 2 atom stereocenters. The molecule has 0 amide bonds. The Kier molecular flexibility index (Phi) is 4.71. The van der Waals surface area contributed by atoms with Crippen LogP contribution in [0, 0.1) is 11.2 Å². The predicted molar refractivity (Wildman–Crippen MR) is 70.0 cm³/mol. The summed E-state index contributed by atoms with van der Waals surface area (Å²) in [6, 6.07) is 4.11. The summed E-state index contributed by atoms with van der Waals surface area (Å²) in [7, 11) is 1.50. The van der Waals surface area contributed by atoms with E-state index in [9.17, 15) is 9.50 Å². The monoisotopic (exact) mass is 255 g/mol. The highest BCUT2D eigenvalue weighted by Gasteiger charge is 2.25. The first-order valence-corrected chi connectivity index (χ1v) is 6.02. The van der Waals surface area contributed by atoms with Gasteiger partial charge in [0, 0.05) is 11.6 Å². The van der Waals surface area contributed by atoms with Gasteiger partial charge in [-0.3, -0.25) is 0 Å². The SMILES string of the molecule is COc1ccc(F)c([C@@H](O)C[C@@H](N)C(C)(C)C)c1. The zero-order valence-corrected chi connectivity index (χ0v) is 11.4. The van der Waals surface area contributed by atoms with Crippen LogP contribution >= 0.6 is 0 Å². The van der Waals surface area contributed by atoms with E-state index in [2.05, 4.69) is 0 Å². The van der Waals surface area contributed by atoms with Gasteiger partial charge >= 0.3 is 0 Å². The zero-order valence-electron chi connectivity index (χ0n) is 11.4. The fourth-order valence-corrected chi connectivity index (χ4v) is 1.63. The summed E-state index contributed by atoms with van der Waals surface area (Å²) in [5.74, 6) is 0.0826. The van der Waals surface area contributed by atoms with E-state index in [0.717, 1.165) is 0 Å². The zero-order chi connectivity index (χ0) is 13.9. The molecule has 3 nitrogen and oxygen atoms in total. The minimum Gasteiger partial charge on any atom is -0.497 e.